The van der Waals surface area contributed by atoms with Crippen LogP contribution in [0.3, 0.4) is 0 Å². The third-order valence-corrected chi connectivity index (χ3v) is 2.88. The average molecular weight is 235 g/mol. The van der Waals surface area contributed by atoms with E-state index >= 15 is 0 Å². The van der Waals surface area contributed by atoms with Crippen LogP contribution in [-0.2, 0) is 4.74 Å². The van der Waals surface area contributed by atoms with E-state index in [0.29, 0.717) is 6.04 Å². The molecule has 1 rings (SSSR count). The minimum Gasteiger partial charge on any atom is -0.382 e. The molecule has 0 heterocycles. The lowest BCUT2D eigenvalue weighted by Gasteiger charge is -2.19. The van der Waals surface area contributed by atoms with Crippen LogP contribution < -0.4 is 5.32 Å². The highest BCUT2D eigenvalue weighted by molar-refractivity contribution is 5.24. The number of benzene rings is 1. The third kappa shape index (κ3) is 5.33. The van der Waals surface area contributed by atoms with Gasteiger partial charge in [-0.15, -0.1) is 0 Å². The van der Waals surface area contributed by atoms with E-state index in [2.05, 4.69) is 43.4 Å². The molecular weight excluding hydrogens is 210 g/mol. The Balaban J connectivity index is 2.57. The molecular formula is C15H25NO. The van der Waals surface area contributed by atoms with E-state index < -0.39 is 0 Å². The highest BCUT2D eigenvalue weighted by Gasteiger charge is 2.09. The first-order valence-electron chi connectivity index (χ1n) is 6.65. The summed E-state index contributed by atoms with van der Waals surface area (Å²) in [4.78, 5) is 0. The molecule has 0 aromatic heterocycles. The molecule has 1 aromatic rings. The maximum absolute atomic E-state index is 5.45. The summed E-state index contributed by atoms with van der Waals surface area (Å²) in [6, 6.07) is 9.21. The molecule has 0 bridgehead atoms. The predicted molar refractivity (Wildman–Crippen MR) is 73.3 cm³/mol. The fraction of sp³-hybridized carbons (Fsp3) is 0.600. The van der Waals surface area contributed by atoms with Gasteiger partial charge < -0.3 is 10.1 Å². The smallest absolute Gasteiger partial charge is 0.0484 e. The van der Waals surface area contributed by atoms with Crippen molar-refractivity contribution in [1.82, 2.24) is 5.32 Å². The van der Waals surface area contributed by atoms with Crippen molar-refractivity contribution in [1.29, 1.82) is 0 Å². The highest BCUT2D eigenvalue weighted by atomic mass is 16.5. The predicted octanol–water partition coefficient (Wildman–Crippen LogP) is 3.46. The number of aryl methyl sites for hydroxylation is 1. The van der Waals surface area contributed by atoms with Crippen LogP contribution >= 0.6 is 0 Å². The Labute approximate surface area is 105 Å². The van der Waals surface area contributed by atoms with Gasteiger partial charge in [-0.2, -0.15) is 0 Å². The van der Waals surface area contributed by atoms with Crippen molar-refractivity contribution in [2.45, 2.75) is 39.7 Å². The van der Waals surface area contributed by atoms with Crippen LogP contribution in [-0.4, -0.2) is 19.8 Å². The van der Waals surface area contributed by atoms with Gasteiger partial charge in [0.1, 0.15) is 0 Å². The Kier molecular flexibility index (Phi) is 6.90. The van der Waals surface area contributed by atoms with Crippen LogP contribution in [0.5, 0.6) is 0 Å². The molecule has 0 radical (unpaired) electrons. The summed E-state index contributed by atoms with van der Waals surface area (Å²) in [5.74, 6) is 0. The maximum Gasteiger partial charge on any atom is 0.0484 e. The topological polar surface area (TPSA) is 21.3 Å². The molecule has 0 fully saturated rings. The van der Waals surface area contributed by atoms with Gasteiger partial charge in [-0.25, -0.2) is 0 Å². The Hall–Kier alpha value is -0.860. The SMILES string of the molecule is CCCNC(CCOCC)c1ccc(C)cc1. The zero-order valence-electron chi connectivity index (χ0n) is 11.3. The van der Waals surface area contributed by atoms with Crippen LogP contribution in [0.2, 0.25) is 0 Å². The van der Waals surface area contributed by atoms with Crippen LogP contribution in [0, 0.1) is 6.92 Å². The molecule has 17 heavy (non-hydrogen) atoms. The molecule has 1 N–H and O–H groups in total. The first-order chi connectivity index (χ1) is 8.27. The lowest BCUT2D eigenvalue weighted by Crippen LogP contribution is -2.23. The molecule has 0 aliphatic heterocycles. The second kappa shape index (κ2) is 8.26. The van der Waals surface area contributed by atoms with Gasteiger partial charge in [-0.05, 0) is 38.8 Å². The molecule has 0 aliphatic rings. The van der Waals surface area contributed by atoms with Crippen molar-refractivity contribution >= 4 is 0 Å². The van der Waals surface area contributed by atoms with Crippen molar-refractivity contribution in [3.05, 3.63) is 35.4 Å². The van der Waals surface area contributed by atoms with Crippen molar-refractivity contribution < 1.29 is 4.74 Å². The molecule has 2 nitrogen and oxygen atoms in total. The second-order valence-electron chi connectivity index (χ2n) is 4.40. The van der Waals surface area contributed by atoms with E-state index in [-0.39, 0.29) is 0 Å². The van der Waals surface area contributed by atoms with Crippen LogP contribution in [0.4, 0.5) is 0 Å². The second-order valence-corrected chi connectivity index (χ2v) is 4.40. The largest absolute Gasteiger partial charge is 0.382 e. The van der Waals surface area contributed by atoms with Crippen molar-refractivity contribution in [3.8, 4) is 0 Å². The average Bonchev–Trinajstić information content (AvgIpc) is 2.35. The van der Waals surface area contributed by atoms with Gasteiger partial charge in [0.15, 0.2) is 0 Å². The molecule has 1 atom stereocenters. The number of rotatable bonds is 8. The van der Waals surface area contributed by atoms with E-state index in [4.69, 9.17) is 4.74 Å². The van der Waals surface area contributed by atoms with Gasteiger partial charge >= 0.3 is 0 Å². The molecule has 0 spiro atoms. The maximum atomic E-state index is 5.45. The third-order valence-electron chi connectivity index (χ3n) is 2.88. The van der Waals surface area contributed by atoms with Crippen molar-refractivity contribution in [2.75, 3.05) is 19.8 Å². The van der Waals surface area contributed by atoms with Gasteiger partial charge in [-0.3, -0.25) is 0 Å². The first kappa shape index (κ1) is 14.2. The minimum absolute atomic E-state index is 0.419. The first-order valence-corrected chi connectivity index (χ1v) is 6.65. The lowest BCUT2D eigenvalue weighted by atomic mass is 10.0. The molecule has 1 aromatic carbocycles. The molecule has 0 amide bonds. The standard InChI is InChI=1S/C15H25NO/c1-4-11-16-15(10-12-17-5-2)14-8-6-13(3)7-9-14/h6-9,15-16H,4-5,10-12H2,1-3H3. The fourth-order valence-electron chi connectivity index (χ4n) is 1.85. The fourth-order valence-corrected chi connectivity index (χ4v) is 1.85. The van der Waals surface area contributed by atoms with Crippen LogP contribution in [0.15, 0.2) is 24.3 Å². The number of hydrogen-bond acceptors (Lipinski definition) is 2. The number of hydrogen-bond donors (Lipinski definition) is 1. The van der Waals surface area contributed by atoms with Gasteiger partial charge in [0.05, 0.1) is 0 Å². The normalized spacial score (nSPS) is 12.6. The lowest BCUT2D eigenvalue weighted by molar-refractivity contribution is 0.136. The summed E-state index contributed by atoms with van der Waals surface area (Å²) in [5.41, 5.74) is 2.68. The van der Waals surface area contributed by atoms with Crippen LogP contribution in [0.25, 0.3) is 0 Å². The molecule has 1 unspecified atom stereocenters. The molecule has 0 saturated heterocycles. The monoisotopic (exact) mass is 235 g/mol. The van der Waals surface area contributed by atoms with E-state index in [1.807, 2.05) is 6.92 Å². The zero-order chi connectivity index (χ0) is 12.5. The summed E-state index contributed by atoms with van der Waals surface area (Å²) >= 11 is 0. The summed E-state index contributed by atoms with van der Waals surface area (Å²) in [6.07, 6.45) is 2.20. The molecule has 2 heteroatoms. The van der Waals surface area contributed by atoms with Gasteiger partial charge in [-0.1, -0.05) is 36.8 Å². The number of nitrogens with one attached hydrogen (secondary N) is 1. The summed E-state index contributed by atoms with van der Waals surface area (Å²) in [5, 5.41) is 3.58. The summed E-state index contributed by atoms with van der Waals surface area (Å²) < 4.78 is 5.45. The zero-order valence-corrected chi connectivity index (χ0v) is 11.3. The molecule has 96 valence electrons. The van der Waals surface area contributed by atoms with Gasteiger partial charge in [0.25, 0.3) is 0 Å². The van der Waals surface area contributed by atoms with Crippen LogP contribution in [0.1, 0.15) is 43.9 Å². The van der Waals surface area contributed by atoms with Crippen molar-refractivity contribution in [2.24, 2.45) is 0 Å². The number of ether oxygens (including phenoxy) is 1. The Morgan fingerprint density at radius 1 is 1.18 bits per heavy atom. The van der Waals surface area contributed by atoms with Crippen molar-refractivity contribution in [3.63, 3.8) is 0 Å². The van der Waals surface area contributed by atoms with E-state index in [1.54, 1.807) is 0 Å². The minimum atomic E-state index is 0.419. The van der Waals surface area contributed by atoms with Gasteiger partial charge in [0, 0.05) is 19.3 Å². The highest BCUT2D eigenvalue weighted by Crippen LogP contribution is 2.17. The van der Waals surface area contributed by atoms with Gasteiger partial charge in [0.2, 0.25) is 0 Å². The summed E-state index contributed by atoms with van der Waals surface area (Å²) in [6.45, 7) is 9.05. The molecule has 0 saturated carbocycles. The Morgan fingerprint density at radius 2 is 1.88 bits per heavy atom. The Bertz CT molecular complexity index is 294. The quantitative estimate of drug-likeness (QED) is 0.697. The van der Waals surface area contributed by atoms with E-state index in [1.165, 1.54) is 11.1 Å². The molecule has 0 aliphatic carbocycles. The van der Waals surface area contributed by atoms with E-state index in [0.717, 1.165) is 32.6 Å². The van der Waals surface area contributed by atoms with E-state index in [9.17, 15) is 0 Å². The Morgan fingerprint density at radius 3 is 2.47 bits per heavy atom. The summed E-state index contributed by atoms with van der Waals surface area (Å²) in [7, 11) is 0.